The van der Waals surface area contributed by atoms with E-state index in [4.69, 9.17) is 4.74 Å². The minimum absolute atomic E-state index is 0.0358. The third-order valence-corrected chi connectivity index (χ3v) is 4.07. The molecule has 6 nitrogen and oxygen atoms in total. The number of benzene rings is 1. The van der Waals surface area contributed by atoms with Gasteiger partial charge in [0.1, 0.15) is 17.6 Å². The van der Waals surface area contributed by atoms with Gasteiger partial charge in [0.15, 0.2) is 0 Å². The molecule has 1 aromatic carbocycles. The number of methoxy groups -OCH3 is 1. The fourth-order valence-electron chi connectivity index (χ4n) is 2.85. The standard InChI is InChI=1S/C16H21FN2O4/c1-11(20)18-6-3-7-19(9-8-18)15(16(21)22)13-10-12(23-2)4-5-14(13)17/h4-5,10,15H,3,6-9H2,1-2H3,(H,21,22)/t15-/m1/s1. The van der Waals surface area contributed by atoms with Crippen molar-refractivity contribution in [3.63, 3.8) is 0 Å². The van der Waals surface area contributed by atoms with E-state index in [-0.39, 0.29) is 11.5 Å². The number of halogens is 1. The maximum absolute atomic E-state index is 14.2. The number of hydrogen-bond acceptors (Lipinski definition) is 4. The van der Waals surface area contributed by atoms with Crippen LogP contribution in [0.2, 0.25) is 0 Å². The minimum Gasteiger partial charge on any atom is -0.497 e. The van der Waals surface area contributed by atoms with Gasteiger partial charge in [-0.05, 0) is 24.6 Å². The van der Waals surface area contributed by atoms with Crippen LogP contribution < -0.4 is 4.74 Å². The van der Waals surface area contributed by atoms with Crippen LogP contribution in [0.15, 0.2) is 18.2 Å². The summed E-state index contributed by atoms with van der Waals surface area (Å²) in [6.07, 6.45) is 0.648. The predicted octanol–water partition coefficient (Wildman–Crippen LogP) is 1.51. The Morgan fingerprint density at radius 2 is 2.00 bits per heavy atom. The topological polar surface area (TPSA) is 70.1 Å². The van der Waals surface area contributed by atoms with Crippen LogP contribution in [-0.2, 0) is 9.59 Å². The van der Waals surface area contributed by atoms with Crippen molar-refractivity contribution in [2.24, 2.45) is 0 Å². The van der Waals surface area contributed by atoms with E-state index in [1.165, 1.54) is 32.2 Å². The van der Waals surface area contributed by atoms with Gasteiger partial charge < -0.3 is 14.7 Å². The molecule has 1 heterocycles. The number of hydrogen-bond donors (Lipinski definition) is 1. The van der Waals surface area contributed by atoms with E-state index in [2.05, 4.69) is 0 Å². The maximum Gasteiger partial charge on any atom is 0.325 e. The largest absolute Gasteiger partial charge is 0.497 e. The summed E-state index contributed by atoms with van der Waals surface area (Å²) in [4.78, 5) is 26.6. The average Bonchev–Trinajstić information content (AvgIpc) is 2.75. The van der Waals surface area contributed by atoms with Crippen LogP contribution in [0.25, 0.3) is 0 Å². The van der Waals surface area contributed by atoms with Gasteiger partial charge in [-0.15, -0.1) is 0 Å². The fourth-order valence-corrected chi connectivity index (χ4v) is 2.85. The van der Waals surface area contributed by atoms with E-state index in [0.717, 1.165) is 0 Å². The van der Waals surface area contributed by atoms with Crippen molar-refractivity contribution in [2.45, 2.75) is 19.4 Å². The van der Waals surface area contributed by atoms with Crippen LogP contribution in [0.5, 0.6) is 5.75 Å². The summed E-state index contributed by atoms with van der Waals surface area (Å²) in [7, 11) is 1.45. The zero-order valence-corrected chi connectivity index (χ0v) is 13.3. The van der Waals surface area contributed by atoms with Gasteiger partial charge in [-0.3, -0.25) is 14.5 Å². The molecule has 1 N–H and O–H groups in total. The Morgan fingerprint density at radius 3 is 2.61 bits per heavy atom. The lowest BCUT2D eigenvalue weighted by Crippen LogP contribution is -2.38. The molecule has 0 aromatic heterocycles. The second-order valence-corrected chi connectivity index (χ2v) is 5.52. The first-order valence-corrected chi connectivity index (χ1v) is 7.50. The van der Waals surface area contributed by atoms with Crippen LogP contribution in [0.4, 0.5) is 4.39 Å². The van der Waals surface area contributed by atoms with Crippen LogP contribution in [0.1, 0.15) is 24.9 Å². The first-order valence-electron chi connectivity index (χ1n) is 7.50. The monoisotopic (exact) mass is 324 g/mol. The zero-order chi connectivity index (χ0) is 17.0. The summed E-state index contributed by atoms with van der Waals surface area (Å²) < 4.78 is 19.2. The van der Waals surface area contributed by atoms with E-state index in [9.17, 15) is 19.1 Å². The highest BCUT2D eigenvalue weighted by atomic mass is 19.1. The normalized spacial score (nSPS) is 17.4. The van der Waals surface area contributed by atoms with Crippen LogP contribution >= 0.6 is 0 Å². The van der Waals surface area contributed by atoms with Gasteiger partial charge in [0.25, 0.3) is 0 Å². The van der Waals surface area contributed by atoms with Crippen molar-refractivity contribution in [3.8, 4) is 5.75 Å². The Morgan fingerprint density at radius 1 is 1.26 bits per heavy atom. The van der Waals surface area contributed by atoms with Crippen LogP contribution in [0.3, 0.4) is 0 Å². The second kappa shape index (κ2) is 7.41. The molecule has 2 rings (SSSR count). The minimum atomic E-state index is -1.12. The number of aliphatic carboxylic acids is 1. The quantitative estimate of drug-likeness (QED) is 0.909. The van der Waals surface area contributed by atoms with Crippen molar-refractivity contribution in [2.75, 3.05) is 33.3 Å². The molecule has 1 aromatic rings. The van der Waals surface area contributed by atoms with E-state index in [1.54, 1.807) is 9.80 Å². The van der Waals surface area contributed by atoms with Gasteiger partial charge in [-0.1, -0.05) is 0 Å². The van der Waals surface area contributed by atoms with Gasteiger partial charge in [-0.2, -0.15) is 0 Å². The molecule has 7 heteroatoms. The smallest absolute Gasteiger partial charge is 0.325 e. The van der Waals surface area contributed by atoms with Crippen molar-refractivity contribution in [3.05, 3.63) is 29.6 Å². The summed E-state index contributed by atoms with van der Waals surface area (Å²) in [6.45, 7) is 3.38. The molecule has 126 valence electrons. The first kappa shape index (κ1) is 17.2. The molecular weight excluding hydrogens is 303 g/mol. The third-order valence-electron chi connectivity index (χ3n) is 4.07. The number of carboxylic acid groups (broad SMARTS) is 1. The number of amides is 1. The Hall–Kier alpha value is -2.15. The molecule has 0 bridgehead atoms. The van der Waals surface area contributed by atoms with E-state index >= 15 is 0 Å². The summed E-state index contributed by atoms with van der Waals surface area (Å²) in [5.41, 5.74) is 0.0770. The molecule has 0 unspecified atom stereocenters. The molecular formula is C16H21FN2O4. The van der Waals surface area contributed by atoms with Crippen molar-refractivity contribution >= 4 is 11.9 Å². The molecule has 1 saturated heterocycles. The Balaban J connectivity index is 2.28. The lowest BCUT2D eigenvalue weighted by molar-refractivity contribution is -0.143. The molecule has 1 atom stereocenters. The molecule has 1 aliphatic rings. The highest BCUT2D eigenvalue weighted by Gasteiger charge is 2.31. The van der Waals surface area contributed by atoms with Crippen molar-refractivity contribution in [1.29, 1.82) is 0 Å². The maximum atomic E-state index is 14.2. The average molecular weight is 324 g/mol. The SMILES string of the molecule is COc1ccc(F)c([C@H](C(=O)O)N2CCCN(C(C)=O)CC2)c1. The molecule has 0 aliphatic carbocycles. The number of carbonyl (C=O) groups excluding carboxylic acids is 1. The first-order chi connectivity index (χ1) is 10.9. The highest BCUT2D eigenvalue weighted by molar-refractivity contribution is 5.76. The molecule has 0 radical (unpaired) electrons. The van der Waals surface area contributed by atoms with Gasteiger partial charge in [0, 0.05) is 38.7 Å². The van der Waals surface area contributed by atoms with E-state index in [1.807, 2.05) is 0 Å². The molecule has 0 saturated carbocycles. The number of rotatable bonds is 4. The Kier molecular flexibility index (Phi) is 5.54. The summed E-state index contributed by atoms with van der Waals surface area (Å²) in [5.74, 6) is -1.32. The van der Waals surface area contributed by atoms with Gasteiger partial charge >= 0.3 is 5.97 Å². The molecule has 0 spiro atoms. The third kappa shape index (κ3) is 3.98. The van der Waals surface area contributed by atoms with Crippen LogP contribution in [0, 0.1) is 5.82 Å². The van der Waals surface area contributed by atoms with E-state index < -0.39 is 17.8 Å². The predicted molar refractivity (Wildman–Crippen MR) is 81.8 cm³/mol. The Bertz CT molecular complexity index is 593. The molecule has 23 heavy (non-hydrogen) atoms. The van der Waals surface area contributed by atoms with Gasteiger partial charge in [-0.25, -0.2) is 4.39 Å². The molecule has 1 aliphatic heterocycles. The van der Waals surface area contributed by atoms with Gasteiger partial charge in [0.05, 0.1) is 7.11 Å². The summed E-state index contributed by atoms with van der Waals surface area (Å²) in [5, 5.41) is 9.60. The summed E-state index contributed by atoms with van der Waals surface area (Å²) in [6, 6.07) is 2.99. The van der Waals surface area contributed by atoms with E-state index in [0.29, 0.717) is 38.3 Å². The van der Waals surface area contributed by atoms with Crippen LogP contribution in [-0.4, -0.2) is 60.1 Å². The fraction of sp³-hybridized carbons (Fsp3) is 0.500. The van der Waals surface area contributed by atoms with Crippen molar-refractivity contribution in [1.82, 2.24) is 9.80 Å². The lowest BCUT2D eigenvalue weighted by atomic mass is 10.0. The molecule has 1 amide bonds. The van der Waals surface area contributed by atoms with Gasteiger partial charge in [0.2, 0.25) is 5.91 Å². The highest BCUT2D eigenvalue weighted by Crippen LogP contribution is 2.28. The number of carbonyl (C=O) groups is 2. The second-order valence-electron chi connectivity index (χ2n) is 5.52. The summed E-state index contributed by atoms with van der Waals surface area (Å²) >= 11 is 0. The Labute approximate surface area is 134 Å². The van der Waals surface area contributed by atoms with Crippen molar-refractivity contribution < 1.29 is 23.8 Å². The number of nitrogens with zero attached hydrogens (tertiary/aromatic N) is 2. The lowest BCUT2D eigenvalue weighted by Gasteiger charge is -2.28. The molecule has 1 fully saturated rings. The zero-order valence-electron chi connectivity index (χ0n) is 13.3. The number of carboxylic acids is 1. The number of ether oxygens (including phenoxy) is 1.